The summed E-state index contributed by atoms with van der Waals surface area (Å²) in [5, 5.41) is 4.88. The maximum Gasteiger partial charge on any atom is 0.407 e. The summed E-state index contributed by atoms with van der Waals surface area (Å²) in [5.41, 5.74) is 7.23. The van der Waals surface area contributed by atoms with Crippen LogP contribution in [0.2, 0.25) is 0 Å². The van der Waals surface area contributed by atoms with Crippen molar-refractivity contribution in [3.8, 4) is 0 Å². The molecule has 4 N–H and O–H groups in total. The first-order chi connectivity index (χ1) is 13.0. The van der Waals surface area contributed by atoms with Gasteiger partial charge in [-0.1, -0.05) is 60.7 Å². The predicted octanol–water partition coefficient (Wildman–Crippen LogP) is 1.52. The van der Waals surface area contributed by atoms with Crippen LogP contribution in [0.1, 0.15) is 17.5 Å². The average Bonchev–Trinajstić information content (AvgIpc) is 2.69. The summed E-state index contributed by atoms with van der Waals surface area (Å²) >= 11 is 0. The predicted molar refractivity (Wildman–Crippen MR) is 101 cm³/mol. The largest absolute Gasteiger partial charge is 0.445 e. The highest BCUT2D eigenvalue weighted by molar-refractivity contribution is 5.88. The fraction of sp³-hybridized carbons (Fsp3) is 0.250. The lowest BCUT2D eigenvalue weighted by atomic mass is 10.0. The van der Waals surface area contributed by atoms with E-state index in [1.807, 2.05) is 60.7 Å². The number of alkyl carbamates (subject to hydrolysis) is 1. The van der Waals surface area contributed by atoms with Gasteiger partial charge >= 0.3 is 6.09 Å². The first-order valence-electron chi connectivity index (χ1n) is 8.62. The molecule has 0 aromatic heterocycles. The number of aryl methyl sites for hydroxylation is 1. The van der Waals surface area contributed by atoms with Crippen LogP contribution in [0.3, 0.4) is 0 Å². The lowest BCUT2D eigenvalue weighted by Crippen LogP contribution is -2.48. The van der Waals surface area contributed by atoms with Crippen molar-refractivity contribution in [3.63, 3.8) is 0 Å². The molecule has 7 heteroatoms. The van der Waals surface area contributed by atoms with E-state index in [1.54, 1.807) is 0 Å². The molecular formula is C20H23N3O4. The summed E-state index contributed by atoms with van der Waals surface area (Å²) in [5.74, 6) is -1.13. The number of primary amides is 1. The molecular weight excluding hydrogens is 346 g/mol. The molecule has 0 radical (unpaired) electrons. The fourth-order valence-corrected chi connectivity index (χ4v) is 2.41. The second-order valence-corrected chi connectivity index (χ2v) is 5.96. The molecule has 0 saturated carbocycles. The molecule has 27 heavy (non-hydrogen) atoms. The number of hydrogen-bond acceptors (Lipinski definition) is 4. The third-order valence-corrected chi connectivity index (χ3v) is 3.85. The van der Waals surface area contributed by atoms with Crippen LogP contribution in [0.5, 0.6) is 0 Å². The number of carbonyl (C=O) groups is 3. The van der Waals surface area contributed by atoms with Gasteiger partial charge in [0, 0.05) is 0 Å². The molecule has 1 atom stereocenters. The maximum atomic E-state index is 12.0. The Morgan fingerprint density at radius 1 is 0.926 bits per heavy atom. The Kier molecular flexibility index (Phi) is 7.84. The first kappa shape index (κ1) is 20.0. The highest BCUT2D eigenvalue weighted by atomic mass is 16.5. The zero-order valence-electron chi connectivity index (χ0n) is 14.9. The molecule has 7 nitrogen and oxygen atoms in total. The minimum atomic E-state index is -0.806. The fourth-order valence-electron chi connectivity index (χ4n) is 2.41. The molecule has 0 saturated heterocycles. The Labute approximate surface area is 157 Å². The minimum Gasteiger partial charge on any atom is -0.445 e. The van der Waals surface area contributed by atoms with Crippen LogP contribution in [0.15, 0.2) is 60.7 Å². The normalized spacial score (nSPS) is 11.3. The highest BCUT2D eigenvalue weighted by Gasteiger charge is 2.18. The van der Waals surface area contributed by atoms with Gasteiger partial charge in [0.2, 0.25) is 11.8 Å². The van der Waals surface area contributed by atoms with Crippen molar-refractivity contribution >= 4 is 17.9 Å². The van der Waals surface area contributed by atoms with Crippen molar-refractivity contribution in [1.82, 2.24) is 10.6 Å². The zero-order chi connectivity index (χ0) is 19.5. The quantitative estimate of drug-likeness (QED) is 0.622. The number of hydrogen-bond donors (Lipinski definition) is 3. The Hall–Kier alpha value is -3.35. The summed E-state index contributed by atoms with van der Waals surface area (Å²) in [6, 6.07) is 18.0. The van der Waals surface area contributed by atoms with Crippen LogP contribution in [0.25, 0.3) is 0 Å². The number of nitrogens with one attached hydrogen (secondary N) is 2. The molecule has 2 aromatic carbocycles. The zero-order valence-corrected chi connectivity index (χ0v) is 14.9. The topological polar surface area (TPSA) is 111 Å². The average molecular weight is 369 g/mol. The standard InChI is InChI=1S/C20H23N3O4/c21-19(25)17(12-11-15-7-3-1-4-8-15)23-18(24)13-22-20(26)27-14-16-9-5-2-6-10-16/h1-10,17H,11-14H2,(H2,21,25)(H,22,26)(H,23,24)/t17-/m0/s1. The number of rotatable bonds is 9. The molecule has 0 heterocycles. The molecule has 142 valence electrons. The second kappa shape index (κ2) is 10.6. The van der Waals surface area contributed by atoms with E-state index in [-0.39, 0.29) is 13.2 Å². The Bertz CT molecular complexity index is 750. The van der Waals surface area contributed by atoms with Gasteiger partial charge in [-0.2, -0.15) is 0 Å². The van der Waals surface area contributed by atoms with Gasteiger partial charge in [-0.05, 0) is 24.0 Å². The van der Waals surface area contributed by atoms with E-state index in [0.29, 0.717) is 12.8 Å². The van der Waals surface area contributed by atoms with Gasteiger partial charge in [0.05, 0.1) is 0 Å². The minimum absolute atomic E-state index is 0.106. The van der Waals surface area contributed by atoms with E-state index >= 15 is 0 Å². The van der Waals surface area contributed by atoms with E-state index in [9.17, 15) is 14.4 Å². The second-order valence-electron chi connectivity index (χ2n) is 5.96. The third-order valence-electron chi connectivity index (χ3n) is 3.85. The van der Waals surface area contributed by atoms with E-state index in [0.717, 1.165) is 11.1 Å². The maximum absolute atomic E-state index is 12.0. The summed E-state index contributed by atoms with van der Waals surface area (Å²) in [4.78, 5) is 35.2. The van der Waals surface area contributed by atoms with E-state index in [2.05, 4.69) is 10.6 Å². The molecule has 0 fully saturated rings. The van der Waals surface area contributed by atoms with Gasteiger partial charge in [-0.3, -0.25) is 9.59 Å². The van der Waals surface area contributed by atoms with Crippen LogP contribution in [-0.4, -0.2) is 30.5 Å². The van der Waals surface area contributed by atoms with Crippen molar-refractivity contribution in [3.05, 3.63) is 71.8 Å². The van der Waals surface area contributed by atoms with E-state index in [4.69, 9.17) is 10.5 Å². The molecule has 0 spiro atoms. The third kappa shape index (κ3) is 7.60. The number of amides is 3. The molecule has 2 aromatic rings. The van der Waals surface area contributed by atoms with Gasteiger partial charge in [-0.25, -0.2) is 4.79 Å². The van der Waals surface area contributed by atoms with E-state index in [1.165, 1.54) is 0 Å². The Balaban J connectivity index is 1.71. The van der Waals surface area contributed by atoms with Crippen LogP contribution >= 0.6 is 0 Å². The van der Waals surface area contributed by atoms with Crippen molar-refractivity contribution in [1.29, 1.82) is 0 Å². The lowest BCUT2D eigenvalue weighted by molar-refractivity contribution is -0.126. The van der Waals surface area contributed by atoms with Gasteiger partial charge in [0.25, 0.3) is 0 Å². The van der Waals surface area contributed by atoms with Crippen LogP contribution in [-0.2, 0) is 27.4 Å². The molecule has 0 unspecified atom stereocenters. The van der Waals surface area contributed by atoms with E-state index < -0.39 is 23.9 Å². The number of nitrogens with two attached hydrogens (primary N) is 1. The molecule has 0 bridgehead atoms. The molecule has 0 aliphatic carbocycles. The smallest absolute Gasteiger partial charge is 0.407 e. The molecule has 0 aliphatic heterocycles. The summed E-state index contributed by atoms with van der Waals surface area (Å²) in [7, 11) is 0. The number of ether oxygens (including phenoxy) is 1. The summed E-state index contributed by atoms with van der Waals surface area (Å²) in [6.45, 7) is -0.196. The van der Waals surface area contributed by atoms with Gasteiger partial charge in [-0.15, -0.1) is 0 Å². The van der Waals surface area contributed by atoms with Crippen LogP contribution in [0, 0.1) is 0 Å². The van der Waals surface area contributed by atoms with Crippen molar-refractivity contribution in [2.24, 2.45) is 5.73 Å². The SMILES string of the molecule is NC(=O)[C@H](CCc1ccccc1)NC(=O)CNC(=O)OCc1ccccc1. The van der Waals surface area contributed by atoms with Gasteiger partial charge < -0.3 is 21.1 Å². The summed E-state index contributed by atoms with van der Waals surface area (Å²) in [6.07, 6.45) is 0.263. The Morgan fingerprint density at radius 2 is 1.52 bits per heavy atom. The monoisotopic (exact) mass is 369 g/mol. The Morgan fingerprint density at radius 3 is 2.11 bits per heavy atom. The molecule has 0 aliphatic rings. The van der Waals surface area contributed by atoms with Crippen molar-refractivity contribution in [2.45, 2.75) is 25.5 Å². The van der Waals surface area contributed by atoms with Crippen molar-refractivity contribution < 1.29 is 19.1 Å². The van der Waals surface area contributed by atoms with Crippen molar-refractivity contribution in [2.75, 3.05) is 6.54 Å². The van der Waals surface area contributed by atoms with Gasteiger partial charge in [0.15, 0.2) is 0 Å². The lowest BCUT2D eigenvalue weighted by Gasteiger charge is -2.16. The first-order valence-corrected chi connectivity index (χ1v) is 8.62. The van der Waals surface area contributed by atoms with Crippen LogP contribution < -0.4 is 16.4 Å². The highest BCUT2D eigenvalue weighted by Crippen LogP contribution is 2.05. The summed E-state index contributed by atoms with van der Waals surface area (Å²) < 4.78 is 5.01. The van der Waals surface area contributed by atoms with Crippen LogP contribution in [0.4, 0.5) is 4.79 Å². The molecule has 3 amide bonds. The molecule has 2 rings (SSSR count). The number of benzene rings is 2. The van der Waals surface area contributed by atoms with Gasteiger partial charge in [0.1, 0.15) is 19.2 Å². The number of carbonyl (C=O) groups excluding carboxylic acids is 3.